The zero-order valence-electron chi connectivity index (χ0n) is 16.8. The predicted molar refractivity (Wildman–Crippen MR) is 98.2 cm³/mol. The Morgan fingerprint density at radius 1 is 0.818 bits per heavy atom. The van der Waals surface area contributed by atoms with Gasteiger partial charge in [-0.05, 0) is 24.7 Å². The zero-order valence-corrected chi connectivity index (χ0v) is 16.8. The highest BCUT2D eigenvalue weighted by atomic mass is 16.1. The van der Waals surface area contributed by atoms with Crippen LogP contribution in [-0.4, -0.2) is 17.9 Å². The highest BCUT2D eigenvalue weighted by Crippen LogP contribution is 2.27. The number of carbonyl (C=O) groups is 1. The molecular weight excluding hydrogens is 270 g/mol. The van der Waals surface area contributed by atoms with Gasteiger partial charge in [-0.1, -0.05) is 75.7 Å². The van der Waals surface area contributed by atoms with E-state index < -0.39 is 0 Å². The van der Waals surface area contributed by atoms with Gasteiger partial charge in [-0.2, -0.15) is 0 Å². The summed E-state index contributed by atoms with van der Waals surface area (Å²) in [6.07, 6.45) is 4.17. The Kier molecular flexibility index (Phi) is 8.33. The fraction of sp³-hybridized carbons (Fsp3) is 0.950. The lowest BCUT2D eigenvalue weighted by molar-refractivity contribution is -0.134. The van der Waals surface area contributed by atoms with Gasteiger partial charge in [-0.3, -0.25) is 4.79 Å². The van der Waals surface area contributed by atoms with Gasteiger partial charge in [0.15, 0.2) is 0 Å². The largest absolute Gasteiger partial charge is 0.311 e. The van der Waals surface area contributed by atoms with E-state index in [4.69, 9.17) is 0 Å². The first-order chi connectivity index (χ1) is 9.76. The van der Waals surface area contributed by atoms with Crippen LogP contribution in [0.25, 0.3) is 0 Å². The molecule has 132 valence electrons. The molecule has 0 spiro atoms. The van der Waals surface area contributed by atoms with E-state index in [1.54, 1.807) is 0 Å². The third-order valence-electron chi connectivity index (χ3n) is 4.43. The molecule has 2 atom stereocenters. The number of carbonyl (C=O) groups excluding carboxylic acids is 1. The Labute approximate surface area is 139 Å². The lowest BCUT2D eigenvalue weighted by Crippen LogP contribution is -2.47. The van der Waals surface area contributed by atoms with Crippen LogP contribution < -0.4 is 5.32 Å². The van der Waals surface area contributed by atoms with Crippen molar-refractivity contribution in [3.8, 4) is 0 Å². The van der Waals surface area contributed by atoms with Crippen LogP contribution in [0.15, 0.2) is 0 Å². The second-order valence-corrected chi connectivity index (χ2v) is 9.63. The summed E-state index contributed by atoms with van der Waals surface area (Å²) in [5.74, 6) is 1.91. The minimum Gasteiger partial charge on any atom is -0.311 e. The second-order valence-electron chi connectivity index (χ2n) is 9.63. The predicted octanol–water partition coefficient (Wildman–Crippen LogP) is 5.46. The van der Waals surface area contributed by atoms with E-state index in [0.717, 1.165) is 23.9 Å². The molecule has 22 heavy (non-hydrogen) atoms. The van der Waals surface area contributed by atoms with Gasteiger partial charge in [-0.15, -0.1) is 0 Å². The molecule has 2 nitrogen and oxygen atoms in total. The third kappa shape index (κ3) is 7.76. The lowest BCUT2D eigenvalue weighted by atomic mass is 9.76. The number of Topliss-reactive ketones (excluding diaryl/α,β-unsaturated/α-hetero) is 1. The fourth-order valence-electron chi connectivity index (χ4n) is 3.18. The lowest BCUT2D eigenvalue weighted by Gasteiger charge is -2.35. The van der Waals surface area contributed by atoms with Crippen molar-refractivity contribution < 1.29 is 4.79 Å². The summed E-state index contributed by atoms with van der Waals surface area (Å²) in [5.41, 5.74) is -0.392. The molecule has 2 heteroatoms. The average molecular weight is 312 g/mol. The average Bonchev–Trinajstić information content (AvgIpc) is 2.36. The molecule has 0 aromatic heterocycles. The Bertz CT molecular complexity index is 301. The van der Waals surface area contributed by atoms with Crippen LogP contribution in [-0.2, 0) is 4.79 Å². The fourth-order valence-corrected chi connectivity index (χ4v) is 3.18. The summed E-state index contributed by atoms with van der Waals surface area (Å²) < 4.78 is 0. The third-order valence-corrected chi connectivity index (χ3v) is 4.43. The zero-order chi connectivity index (χ0) is 17.7. The molecule has 0 aliphatic carbocycles. The smallest absolute Gasteiger partial charge is 0.143 e. The minimum absolute atomic E-state index is 0.196. The molecular formula is C20H41NO. The summed E-state index contributed by atoms with van der Waals surface area (Å²) >= 11 is 0. The number of hydrogen-bond donors (Lipinski definition) is 1. The molecule has 0 amide bonds. The monoisotopic (exact) mass is 311 g/mol. The Hall–Kier alpha value is -0.370. The number of rotatable bonds is 2. The first-order valence-electron chi connectivity index (χ1n) is 9.07. The van der Waals surface area contributed by atoms with Gasteiger partial charge in [-0.25, -0.2) is 0 Å². The van der Waals surface area contributed by atoms with Gasteiger partial charge in [0.1, 0.15) is 5.78 Å². The van der Waals surface area contributed by atoms with Gasteiger partial charge in [0.25, 0.3) is 0 Å². The molecule has 1 aliphatic heterocycles. The quantitative estimate of drug-likeness (QED) is 0.734. The van der Waals surface area contributed by atoms with Crippen LogP contribution in [0.1, 0.15) is 88.5 Å². The van der Waals surface area contributed by atoms with Crippen molar-refractivity contribution in [1.82, 2.24) is 5.32 Å². The van der Waals surface area contributed by atoms with Crippen LogP contribution in [0.4, 0.5) is 0 Å². The summed E-state index contributed by atoms with van der Waals surface area (Å²) in [4.78, 5) is 11.5. The van der Waals surface area contributed by atoms with Crippen LogP contribution in [0.2, 0.25) is 0 Å². The van der Waals surface area contributed by atoms with Crippen molar-refractivity contribution in [1.29, 1.82) is 0 Å². The number of nitrogens with one attached hydrogen (secondary N) is 1. The van der Waals surface area contributed by atoms with Crippen LogP contribution >= 0.6 is 0 Å². The van der Waals surface area contributed by atoms with E-state index in [9.17, 15) is 4.79 Å². The topological polar surface area (TPSA) is 29.1 Å². The van der Waals surface area contributed by atoms with E-state index in [-0.39, 0.29) is 10.8 Å². The molecule has 1 saturated heterocycles. The number of ketones is 1. The second kappa shape index (κ2) is 8.47. The van der Waals surface area contributed by atoms with E-state index in [0.29, 0.717) is 5.78 Å². The minimum atomic E-state index is -0.196. The van der Waals surface area contributed by atoms with E-state index in [1.807, 2.05) is 41.5 Å². The maximum atomic E-state index is 11.5. The molecule has 0 radical (unpaired) electrons. The van der Waals surface area contributed by atoms with Crippen molar-refractivity contribution >= 4 is 5.78 Å². The van der Waals surface area contributed by atoms with E-state index >= 15 is 0 Å². The van der Waals surface area contributed by atoms with Crippen molar-refractivity contribution in [3.63, 3.8) is 0 Å². The molecule has 2 unspecified atom stereocenters. The molecule has 1 N–H and O–H groups in total. The molecule has 1 aliphatic rings. The van der Waals surface area contributed by atoms with Crippen molar-refractivity contribution in [2.24, 2.45) is 22.7 Å². The van der Waals surface area contributed by atoms with Gasteiger partial charge in [0.05, 0.1) is 0 Å². The van der Waals surface area contributed by atoms with Crippen molar-refractivity contribution in [2.75, 3.05) is 0 Å². The first kappa shape index (κ1) is 21.6. The maximum Gasteiger partial charge on any atom is 0.143 e. The Morgan fingerprint density at radius 2 is 1.14 bits per heavy atom. The summed E-state index contributed by atoms with van der Waals surface area (Å²) in [6, 6.07) is 1.54. The normalized spacial score (nSPS) is 23.3. The molecule has 1 rings (SSSR count). The van der Waals surface area contributed by atoms with E-state index in [2.05, 4.69) is 33.0 Å². The van der Waals surface area contributed by atoms with E-state index in [1.165, 1.54) is 19.3 Å². The molecule has 0 bridgehead atoms. The van der Waals surface area contributed by atoms with Crippen LogP contribution in [0, 0.1) is 22.7 Å². The first-order valence-corrected chi connectivity index (χ1v) is 9.07. The van der Waals surface area contributed by atoms with Crippen LogP contribution in [0.5, 0.6) is 0 Å². The highest BCUT2D eigenvalue weighted by Gasteiger charge is 2.31. The van der Waals surface area contributed by atoms with Gasteiger partial charge < -0.3 is 5.32 Å². The van der Waals surface area contributed by atoms with Crippen LogP contribution in [0.3, 0.4) is 0 Å². The van der Waals surface area contributed by atoms with Gasteiger partial charge in [0, 0.05) is 22.9 Å². The van der Waals surface area contributed by atoms with Crippen molar-refractivity contribution in [2.45, 2.75) is 101 Å². The number of hydrogen-bond acceptors (Lipinski definition) is 2. The molecule has 0 aromatic carbocycles. The molecule has 1 fully saturated rings. The Balaban J connectivity index is 0.000000409. The maximum absolute atomic E-state index is 11.5. The van der Waals surface area contributed by atoms with Gasteiger partial charge >= 0.3 is 0 Å². The SMILES string of the molecule is CC(C)(C)C(=O)C(C)(C)C.CC(C)C1CCCC(C(C)C)N1. The van der Waals surface area contributed by atoms with Gasteiger partial charge in [0.2, 0.25) is 0 Å². The highest BCUT2D eigenvalue weighted by molar-refractivity contribution is 5.88. The standard InChI is InChI=1S/C11H23N.C9H18O/c1-8(2)10-6-5-7-11(12-10)9(3)4;1-8(2,3)7(10)9(4,5)6/h8-12H,5-7H2,1-4H3;1-6H3. The summed E-state index contributed by atoms with van der Waals surface area (Å²) in [6.45, 7) is 21.0. The van der Waals surface area contributed by atoms with Crippen molar-refractivity contribution in [3.05, 3.63) is 0 Å². The Morgan fingerprint density at radius 3 is 1.32 bits per heavy atom. The number of piperidine rings is 1. The summed E-state index contributed by atoms with van der Waals surface area (Å²) in [7, 11) is 0. The molecule has 0 aromatic rings. The summed E-state index contributed by atoms with van der Waals surface area (Å²) in [5, 5.41) is 3.75. The molecule has 1 heterocycles. The molecule has 0 saturated carbocycles.